The van der Waals surface area contributed by atoms with Crippen molar-refractivity contribution in [2.75, 3.05) is 49.2 Å². The van der Waals surface area contributed by atoms with E-state index in [1.165, 1.54) is 34.1 Å². The summed E-state index contributed by atoms with van der Waals surface area (Å²) in [6, 6.07) is -9.81. The molecule has 0 radical (unpaired) electrons. The van der Waals surface area contributed by atoms with Gasteiger partial charge in [-0.15, -0.1) is 0 Å². The van der Waals surface area contributed by atoms with E-state index in [1.807, 2.05) is 27.7 Å². The summed E-state index contributed by atoms with van der Waals surface area (Å²) in [6.07, 6.45) is -1.31. The zero-order chi connectivity index (χ0) is 104. The molecule has 54 heteroatoms. The first kappa shape index (κ1) is 119. The van der Waals surface area contributed by atoms with E-state index in [1.54, 1.807) is 52.0 Å². The third kappa shape index (κ3) is 40.9. The van der Waals surface area contributed by atoms with E-state index in [4.69, 9.17) is 45.9 Å². The molecule has 4 heterocycles. The summed E-state index contributed by atoms with van der Waals surface area (Å²) in [4.78, 5) is 296. The standard InChI is InChI=1S/2C43H66N12O12S3/c2*1-5-22(4)35-42(66)49-26(12-13-32(45)57)38(62)51-29(17-33(46)58)39(63)53-30(43(67)55-14-6-7-31(55)41(65)52-27(15-21(2)3)37(61)48-18-34(47)59)20-69-70-68-19-25(44)36(60)50-28(40(64)54-35)16-23-8-10-24(56)11-9-23/h2*8-11,21-22,25-31,35,56H,5-7,12-20,44H2,1-4H3,(H2,45,57)(H2,46,58)(H2,47,59)(H,48,61)(H,49,66)(H,50,60)(H,51,62)(H,52,65)(H,53,63)(H,54,64)/t22-,25+,26-,27-,28-,29-,30-,31-,35-;22-,25-,26-,27-,28-,29-,30-,31-,35-/m00/s1. The summed E-state index contributed by atoms with van der Waals surface area (Å²) in [5, 5.41) is 55.5. The van der Waals surface area contributed by atoms with Crippen molar-refractivity contribution in [3.63, 3.8) is 0 Å². The van der Waals surface area contributed by atoms with Crippen molar-refractivity contribution in [2.24, 2.45) is 69.5 Å². The number of nitrogens with two attached hydrogens (primary N) is 8. The SMILES string of the molecule is CC[C@H](C)[C@@H]1NC(=O)[C@H](Cc2ccc(O)cc2)NC(=O)[C@@H](N)CSSSC[C@@H](C(=O)N2CCC[C@H]2C(=O)N[C@@H](CC(C)C)C(=O)NCC(N)=O)NC(=O)[C@H](CC(N)=O)NC(=O)[C@H](CCC(N)=O)NC1=O.CC[C@H](C)[C@@H]1NC(=O)[C@H](Cc2ccc(O)cc2)NC(=O)[C@H](N)CSSSC[C@@H](C(=O)N2CCC[C@H]2C(=O)N[C@@H](CC(C)C)C(=O)NCC(N)=O)NC(=O)[C@H](CC(N)=O)NC(=O)[C@H](CCC(N)=O)NC1=O. The number of benzene rings is 2. The van der Waals surface area contributed by atoms with Gasteiger partial charge in [-0.3, -0.25) is 105 Å². The Hall–Kier alpha value is -11.6. The molecule has 4 aliphatic heterocycles. The molecule has 4 aliphatic rings. The zero-order valence-electron chi connectivity index (χ0n) is 79.0. The van der Waals surface area contributed by atoms with Crippen LogP contribution in [0.15, 0.2) is 48.5 Å². The van der Waals surface area contributed by atoms with Gasteiger partial charge in [0, 0.05) is 61.8 Å². The summed E-state index contributed by atoms with van der Waals surface area (Å²) in [5.74, 6) is -20.3. The van der Waals surface area contributed by atoms with Crippen molar-refractivity contribution in [1.29, 1.82) is 0 Å². The Balaban J connectivity index is 0.000000494. The minimum Gasteiger partial charge on any atom is -0.508 e. The van der Waals surface area contributed by atoms with Gasteiger partial charge in [0.05, 0.1) is 38.0 Å². The summed E-state index contributed by atoms with van der Waals surface area (Å²) < 4.78 is 0. The van der Waals surface area contributed by atoms with Crippen LogP contribution in [0.25, 0.3) is 0 Å². The molecular weight excluding hydrogens is 1950 g/mol. The number of carbonyl (C=O) groups is 22. The molecule has 48 nitrogen and oxygen atoms in total. The Bertz CT molecular complexity index is 4420. The lowest BCUT2D eigenvalue weighted by atomic mass is 9.96. The predicted molar refractivity (Wildman–Crippen MR) is 524 cm³/mol. The summed E-state index contributed by atoms with van der Waals surface area (Å²) in [7, 11) is 6.56. The van der Waals surface area contributed by atoms with Crippen molar-refractivity contribution in [2.45, 2.75) is 255 Å². The van der Waals surface area contributed by atoms with Gasteiger partial charge < -0.3 is 140 Å². The Kier molecular flexibility index (Phi) is 50.8. The van der Waals surface area contributed by atoms with Crippen molar-refractivity contribution < 1.29 is 116 Å². The Morgan fingerprint density at radius 1 is 0.393 bits per heavy atom. The van der Waals surface area contributed by atoms with Crippen LogP contribution in [0.1, 0.15) is 156 Å². The van der Waals surface area contributed by atoms with Crippen molar-refractivity contribution in [3.8, 4) is 11.5 Å². The van der Waals surface area contributed by atoms with Crippen molar-refractivity contribution in [1.82, 2.24) is 84.2 Å². The zero-order valence-corrected chi connectivity index (χ0v) is 83.9. The summed E-state index contributed by atoms with van der Waals surface area (Å²) >= 11 is 0. The normalized spacial score (nSPS) is 24.3. The number of carbonyl (C=O) groups excluding carboxylic acids is 22. The van der Waals surface area contributed by atoms with Gasteiger partial charge in [-0.2, -0.15) is 0 Å². The Morgan fingerprint density at radius 3 is 1.01 bits per heavy atom. The van der Waals surface area contributed by atoms with E-state index >= 15 is 0 Å². The maximum atomic E-state index is 14.5. The maximum Gasteiger partial charge on any atom is 0.246 e. The second-order valence-electron chi connectivity index (χ2n) is 34.9. The topological polar surface area (TPSA) is 799 Å². The molecule has 2 aromatic carbocycles. The number of phenolic OH excluding ortho intramolecular Hbond substituents is 2. The molecule has 0 bridgehead atoms. The van der Waals surface area contributed by atoms with Crippen LogP contribution in [0.2, 0.25) is 0 Å². The molecule has 22 amide bonds. The van der Waals surface area contributed by atoms with Gasteiger partial charge in [0.1, 0.15) is 96.1 Å². The molecular formula is C86H132N24O24S6. The molecule has 0 saturated carbocycles. The van der Waals surface area contributed by atoms with E-state index in [0.717, 1.165) is 62.8 Å². The third-order valence-corrected chi connectivity index (χ3v) is 31.2. The van der Waals surface area contributed by atoms with E-state index in [-0.39, 0.29) is 98.0 Å². The van der Waals surface area contributed by atoms with E-state index < -0.39 is 290 Å². The minimum absolute atomic E-state index is 0.0156. The second-order valence-corrected chi connectivity index (χ2v) is 43.6. The molecule has 4 fully saturated rings. The monoisotopic (exact) mass is 2080 g/mol. The highest BCUT2D eigenvalue weighted by atomic mass is 33.5. The average molecular weight is 2080 g/mol. The first-order valence-corrected chi connectivity index (χ1v) is 53.1. The van der Waals surface area contributed by atoms with Crippen molar-refractivity contribution >= 4 is 193 Å². The molecule has 0 spiro atoms. The number of nitrogens with one attached hydrogen (secondary N) is 14. The van der Waals surface area contributed by atoms with Gasteiger partial charge in [-0.05, 0) is 130 Å². The molecule has 776 valence electrons. The highest BCUT2D eigenvalue weighted by Gasteiger charge is 2.45. The lowest BCUT2D eigenvalue weighted by molar-refractivity contribution is -0.142. The number of primary amides is 6. The fourth-order valence-electron chi connectivity index (χ4n) is 14.7. The molecule has 32 N–H and O–H groups in total. The van der Waals surface area contributed by atoms with Crippen LogP contribution in [0.5, 0.6) is 11.5 Å². The fraction of sp³-hybridized carbons (Fsp3) is 0.605. The van der Waals surface area contributed by atoms with Crippen LogP contribution in [-0.4, -0.2) is 296 Å². The van der Waals surface area contributed by atoms with Crippen LogP contribution in [0.4, 0.5) is 0 Å². The first-order chi connectivity index (χ1) is 66.0. The molecule has 0 aliphatic carbocycles. The van der Waals surface area contributed by atoms with Crippen LogP contribution in [-0.2, 0) is 118 Å². The van der Waals surface area contributed by atoms with Gasteiger partial charge >= 0.3 is 0 Å². The highest BCUT2D eigenvalue weighted by molar-refractivity contribution is 9.09. The molecule has 2 aromatic rings. The van der Waals surface area contributed by atoms with Crippen LogP contribution >= 0.6 is 62.8 Å². The van der Waals surface area contributed by atoms with Gasteiger partial charge in [-0.25, -0.2) is 0 Å². The van der Waals surface area contributed by atoms with Gasteiger partial charge in [0.15, 0.2) is 0 Å². The molecule has 6 rings (SSSR count). The Morgan fingerprint density at radius 2 is 0.700 bits per heavy atom. The fourth-order valence-corrected chi connectivity index (χ4v) is 22.3. The van der Waals surface area contributed by atoms with Crippen LogP contribution in [0.3, 0.4) is 0 Å². The number of rotatable bonds is 34. The van der Waals surface area contributed by atoms with Gasteiger partial charge in [0.2, 0.25) is 130 Å². The maximum absolute atomic E-state index is 14.5. The number of hydrogen-bond acceptors (Lipinski definition) is 32. The lowest BCUT2D eigenvalue weighted by Crippen LogP contribution is -2.61. The van der Waals surface area contributed by atoms with Crippen LogP contribution < -0.4 is 120 Å². The van der Waals surface area contributed by atoms with Gasteiger partial charge in [-0.1, -0.05) is 136 Å². The van der Waals surface area contributed by atoms with Gasteiger partial charge in [0.25, 0.3) is 0 Å². The molecule has 140 heavy (non-hydrogen) atoms. The molecule has 4 saturated heterocycles. The van der Waals surface area contributed by atoms with E-state index in [9.17, 15) is 116 Å². The average Bonchev–Trinajstić information content (AvgIpc) is 1.73. The lowest BCUT2D eigenvalue weighted by Gasteiger charge is -2.31. The van der Waals surface area contributed by atoms with E-state index in [0.29, 0.717) is 36.8 Å². The minimum atomic E-state index is -1.75. The predicted octanol–water partition coefficient (Wildman–Crippen LogP) is -5.92. The third-order valence-electron chi connectivity index (χ3n) is 22.6. The number of hydrogen-bond donors (Lipinski definition) is 24. The summed E-state index contributed by atoms with van der Waals surface area (Å²) in [5.41, 5.74) is 45.9. The van der Waals surface area contributed by atoms with Crippen molar-refractivity contribution in [3.05, 3.63) is 59.7 Å². The highest BCUT2D eigenvalue weighted by Crippen LogP contribution is 2.37. The largest absolute Gasteiger partial charge is 0.508 e. The first-order valence-electron chi connectivity index (χ1n) is 45.4. The quantitative estimate of drug-likeness (QED) is 0.0290. The summed E-state index contributed by atoms with van der Waals surface area (Å²) in [6.45, 7) is 13.3. The number of aromatic hydroxyl groups is 2. The van der Waals surface area contributed by atoms with Crippen LogP contribution in [0, 0.1) is 23.7 Å². The smallest absolute Gasteiger partial charge is 0.246 e. The molecule has 0 unspecified atom stereocenters. The number of amides is 22. The second kappa shape index (κ2) is 59.9. The molecule has 0 aromatic heterocycles. The number of likely N-dealkylation sites (tertiary alicyclic amines) is 2. The Labute approximate surface area is 832 Å². The molecule has 18 atom stereocenters. The number of nitrogens with zero attached hydrogens (tertiary/aromatic N) is 2. The van der Waals surface area contributed by atoms with E-state index in [2.05, 4.69) is 74.4 Å². The number of phenols is 2.